The van der Waals surface area contributed by atoms with Gasteiger partial charge in [-0.3, -0.25) is 23.5 Å². The molecule has 3 aromatic rings. The van der Waals surface area contributed by atoms with Gasteiger partial charge in [-0.25, -0.2) is 9.97 Å². The number of rotatable bonds is 7. The molecule has 1 aliphatic heterocycles. The zero-order valence-electron chi connectivity index (χ0n) is 20.2. The fourth-order valence-corrected chi connectivity index (χ4v) is 4.23. The van der Waals surface area contributed by atoms with Crippen LogP contribution < -0.4 is 0 Å². The summed E-state index contributed by atoms with van der Waals surface area (Å²) in [5.74, 6) is -0.572. The molecule has 3 aromatic heterocycles. The second kappa shape index (κ2) is 10.2. The lowest BCUT2D eigenvalue weighted by Gasteiger charge is -2.23. The van der Waals surface area contributed by atoms with Crippen molar-refractivity contribution in [3.8, 4) is 5.82 Å². The molecule has 0 amide bonds. The van der Waals surface area contributed by atoms with Crippen LogP contribution in [0.4, 0.5) is 0 Å². The van der Waals surface area contributed by atoms with Crippen LogP contribution in [0.5, 0.6) is 0 Å². The van der Waals surface area contributed by atoms with E-state index in [1.54, 1.807) is 17.0 Å². The van der Waals surface area contributed by atoms with Gasteiger partial charge in [-0.05, 0) is 11.6 Å². The third-order valence-corrected chi connectivity index (χ3v) is 5.57. The van der Waals surface area contributed by atoms with Crippen LogP contribution >= 0.6 is 11.6 Å². The van der Waals surface area contributed by atoms with Crippen LogP contribution in [0.2, 0.25) is 5.28 Å². The molecule has 1 fully saturated rings. The molecular weight excluding hydrogens is 496 g/mol. The normalized spacial score (nSPS) is 21.6. The average Bonchev–Trinajstić information content (AvgIpc) is 3.49. The van der Waals surface area contributed by atoms with Crippen LogP contribution in [0.1, 0.15) is 52.6 Å². The topological polar surface area (TPSA) is 150 Å². The van der Waals surface area contributed by atoms with E-state index >= 15 is 0 Å². The molecule has 0 aliphatic carbocycles. The number of carbonyl (C=O) groups is 3. The van der Waals surface area contributed by atoms with Crippen LogP contribution in [0.25, 0.3) is 17.0 Å². The summed E-state index contributed by atoms with van der Waals surface area (Å²) in [6, 6.07) is 0. The number of carbonyl (C=O) groups excluding carboxylic acids is 3. The Kier molecular flexibility index (Phi) is 7.22. The zero-order valence-corrected chi connectivity index (χ0v) is 21.0. The van der Waals surface area contributed by atoms with Gasteiger partial charge in [0.1, 0.15) is 18.5 Å². The van der Waals surface area contributed by atoms with Gasteiger partial charge in [-0.1, -0.05) is 13.8 Å². The third kappa shape index (κ3) is 5.02. The summed E-state index contributed by atoms with van der Waals surface area (Å²) in [6.45, 7) is 7.42. The highest BCUT2D eigenvalue weighted by Crippen LogP contribution is 2.36. The summed E-state index contributed by atoms with van der Waals surface area (Å²) < 4.78 is 25.4. The first-order valence-electron chi connectivity index (χ1n) is 11.1. The van der Waals surface area contributed by atoms with Crippen molar-refractivity contribution < 1.29 is 33.3 Å². The van der Waals surface area contributed by atoms with E-state index in [9.17, 15) is 14.4 Å². The maximum atomic E-state index is 12.0. The first-order chi connectivity index (χ1) is 17.1. The van der Waals surface area contributed by atoms with Crippen LogP contribution in [-0.2, 0) is 33.3 Å². The largest absolute Gasteiger partial charge is 0.463 e. The van der Waals surface area contributed by atoms with Crippen LogP contribution in [0.3, 0.4) is 0 Å². The lowest BCUT2D eigenvalue weighted by atomic mass is 10.1. The molecule has 0 N–H and O–H groups in total. The predicted molar refractivity (Wildman–Crippen MR) is 123 cm³/mol. The number of hydrogen-bond acceptors (Lipinski definition) is 11. The number of aromatic nitrogens is 6. The number of hydrogen-bond donors (Lipinski definition) is 0. The summed E-state index contributed by atoms with van der Waals surface area (Å²) in [5, 5.41) is -0.0577. The molecule has 14 heteroatoms. The lowest BCUT2D eigenvalue weighted by molar-refractivity contribution is -0.166. The molecule has 0 saturated carbocycles. The highest BCUT2D eigenvalue weighted by atomic mass is 35.5. The van der Waals surface area contributed by atoms with E-state index in [-0.39, 0.29) is 23.5 Å². The summed E-state index contributed by atoms with van der Waals surface area (Å²) in [7, 11) is 0. The molecule has 0 unspecified atom stereocenters. The summed E-state index contributed by atoms with van der Waals surface area (Å²) in [5.41, 5.74) is 0.669. The van der Waals surface area contributed by atoms with E-state index in [1.165, 1.54) is 31.7 Å². The van der Waals surface area contributed by atoms with Crippen LogP contribution in [-0.4, -0.2) is 71.9 Å². The zero-order chi connectivity index (χ0) is 26.1. The molecule has 4 atom stereocenters. The van der Waals surface area contributed by atoms with Gasteiger partial charge in [0.25, 0.3) is 0 Å². The number of ether oxygens (including phenoxy) is 4. The second-order valence-corrected chi connectivity index (χ2v) is 8.80. The van der Waals surface area contributed by atoms with Gasteiger partial charge in [0.15, 0.2) is 35.4 Å². The van der Waals surface area contributed by atoms with Gasteiger partial charge in [0.05, 0.1) is 6.33 Å². The Morgan fingerprint density at radius 3 is 2.39 bits per heavy atom. The maximum absolute atomic E-state index is 12.0. The summed E-state index contributed by atoms with van der Waals surface area (Å²) >= 11 is 6.29. The third-order valence-electron chi connectivity index (χ3n) is 5.40. The Hall–Kier alpha value is -3.58. The van der Waals surface area contributed by atoms with Crippen molar-refractivity contribution in [2.75, 3.05) is 6.61 Å². The summed E-state index contributed by atoms with van der Waals surface area (Å²) in [6.07, 6.45) is 0.704. The Balaban J connectivity index is 1.82. The van der Waals surface area contributed by atoms with Crippen molar-refractivity contribution in [1.82, 2.24) is 29.1 Å². The molecule has 192 valence electrons. The number of halogens is 1. The Morgan fingerprint density at radius 2 is 1.75 bits per heavy atom. The van der Waals surface area contributed by atoms with Crippen molar-refractivity contribution in [3.63, 3.8) is 0 Å². The molecule has 1 aliphatic rings. The smallest absolute Gasteiger partial charge is 0.303 e. The van der Waals surface area contributed by atoms with Gasteiger partial charge >= 0.3 is 17.9 Å². The Bertz CT molecular complexity index is 1310. The van der Waals surface area contributed by atoms with Crippen molar-refractivity contribution in [2.24, 2.45) is 0 Å². The van der Waals surface area contributed by atoms with Gasteiger partial charge in [0.2, 0.25) is 5.28 Å². The SMILES string of the molecule is CC(=O)OC[C@H]1O[C@@H](n2cnc3c(-n4ccnc4C(C)C)nc(Cl)nc32)[C@H](OC(C)=O)[C@@H]1OC(C)=O. The van der Waals surface area contributed by atoms with Gasteiger partial charge < -0.3 is 18.9 Å². The standard InChI is InChI=1S/C22H25ClN6O7/c1-10(2)18-24-6-7-28(18)19-15-20(27-22(23)26-19)29(9-25-15)21-17(35-13(5)32)16(34-12(4)31)14(36-21)8-33-11(3)30/h6-7,9-10,14,16-17,21H,8H2,1-5H3/t14-,16-,17-,21-/m1/s1. The number of fused-ring (bicyclic) bond motifs is 1. The minimum absolute atomic E-state index is 0.0577. The summed E-state index contributed by atoms with van der Waals surface area (Å²) in [4.78, 5) is 52.8. The van der Waals surface area contributed by atoms with Crippen molar-refractivity contribution in [1.29, 1.82) is 0 Å². The lowest BCUT2D eigenvalue weighted by Crippen LogP contribution is -2.40. The number of imidazole rings is 2. The van der Waals surface area contributed by atoms with E-state index < -0.39 is 42.4 Å². The Morgan fingerprint density at radius 1 is 1.06 bits per heavy atom. The monoisotopic (exact) mass is 520 g/mol. The molecule has 0 aromatic carbocycles. The van der Waals surface area contributed by atoms with E-state index in [2.05, 4.69) is 19.9 Å². The van der Waals surface area contributed by atoms with E-state index in [1.807, 2.05) is 13.8 Å². The molecule has 1 saturated heterocycles. The van der Waals surface area contributed by atoms with Crippen molar-refractivity contribution >= 4 is 40.7 Å². The first-order valence-corrected chi connectivity index (χ1v) is 11.5. The molecule has 36 heavy (non-hydrogen) atoms. The van der Waals surface area contributed by atoms with Crippen molar-refractivity contribution in [3.05, 3.63) is 29.8 Å². The Labute approximate surface area is 210 Å². The predicted octanol–water partition coefficient (Wildman–Crippen LogP) is 2.11. The van der Waals surface area contributed by atoms with E-state index in [0.29, 0.717) is 11.3 Å². The fourth-order valence-electron chi connectivity index (χ4n) is 4.07. The quantitative estimate of drug-likeness (QED) is 0.256. The van der Waals surface area contributed by atoms with Crippen LogP contribution in [0, 0.1) is 0 Å². The molecule has 13 nitrogen and oxygen atoms in total. The van der Waals surface area contributed by atoms with Gasteiger partial charge in [-0.15, -0.1) is 0 Å². The number of esters is 3. The molecular formula is C22H25ClN6O7. The minimum Gasteiger partial charge on any atom is -0.463 e. The molecule has 0 radical (unpaired) electrons. The average molecular weight is 521 g/mol. The highest BCUT2D eigenvalue weighted by molar-refractivity contribution is 6.28. The molecule has 0 spiro atoms. The minimum atomic E-state index is -1.10. The molecule has 0 bridgehead atoms. The van der Waals surface area contributed by atoms with Gasteiger partial charge in [0, 0.05) is 39.1 Å². The van der Waals surface area contributed by atoms with Gasteiger partial charge in [-0.2, -0.15) is 9.97 Å². The van der Waals surface area contributed by atoms with Crippen LogP contribution in [0.15, 0.2) is 18.7 Å². The van der Waals surface area contributed by atoms with Crippen molar-refractivity contribution in [2.45, 2.75) is 65.1 Å². The highest BCUT2D eigenvalue weighted by Gasteiger charge is 2.51. The maximum Gasteiger partial charge on any atom is 0.303 e. The fraction of sp³-hybridized carbons (Fsp3) is 0.500. The molecule has 4 rings (SSSR count). The molecule has 4 heterocycles. The van der Waals surface area contributed by atoms with E-state index in [4.69, 9.17) is 30.5 Å². The first kappa shape index (κ1) is 25.5. The second-order valence-electron chi connectivity index (χ2n) is 8.47. The number of nitrogens with zero attached hydrogens (tertiary/aromatic N) is 6. The van der Waals surface area contributed by atoms with E-state index in [0.717, 1.165) is 5.82 Å².